The zero-order valence-corrected chi connectivity index (χ0v) is 14.5. The van der Waals surface area contributed by atoms with Crippen LogP contribution in [-0.2, 0) is 0 Å². The van der Waals surface area contributed by atoms with Crippen molar-refractivity contribution in [1.29, 1.82) is 0 Å². The Morgan fingerprint density at radius 3 is 2.62 bits per heavy atom. The van der Waals surface area contributed by atoms with E-state index in [4.69, 9.17) is 0 Å². The van der Waals surface area contributed by atoms with Crippen LogP contribution in [0, 0.1) is 34.5 Å². The molecule has 3 aliphatic rings. The van der Waals surface area contributed by atoms with E-state index in [-0.39, 0.29) is 5.41 Å². The van der Waals surface area contributed by atoms with Gasteiger partial charge in [-0.15, -0.1) is 0 Å². The Hall–Kier alpha value is -0.300. The van der Waals surface area contributed by atoms with E-state index >= 15 is 0 Å². The van der Waals surface area contributed by atoms with E-state index in [2.05, 4.69) is 33.8 Å². The summed E-state index contributed by atoms with van der Waals surface area (Å²) in [6.07, 6.45) is 11.9. The first-order valence-electron chi connectivity index (χ1n) is 9.22. The summed E-state index contributed by atoms with van der Waals surface area (Å²) in [5.41, 5.74) is 2.40. The SMILES string of the molecule is CC(C)[C@@H]1C=C2CC[C@H]3[C@](C)(CO)CCC[C@]3(C)[C@@H]2CC1. The van der Waals surface area contributed by atoms with Crippen LogP contribution >= 0.6 is 0 Å². The average Bonchev–Trinajstić information content (AvgIpc) is 2.46. The second-order valence-corrected chi connectivity index (χ2v) is 9.04. The van der Waals surface area contributed by atoms with Crippen LogP contribution in [0.15, 0.2) is 11.6 Å². The van der Waals surface area contributed by atoms with E-state index in [9.17, 15) is 5.11 Å². The van der Waals surface area contributed by atoms with Gasteiger partial charge in [-0.25, -0.2) is 0 Å². The number of hydrogen-bond donors (Lipinski definition) is 1. The quantitative estimate of drug-likeness (QED) is 0.694. The molecule has 1 nitrogen and oxygen atoms in total. The van der Waals surface area contributed by atoms with Crippen LogP contribution in [-0.4, -0.2) is 11.7 Å². The molecule has 0 saturated heterocycles. The Labute approximate surface area is 131 Å². The zero-order valence-electron chi connectivity index (χ0n) is 14.5. The summed E-state index contributed by atoms with van der Waals surface area (Å²) in [6, 6.07) is 0. The summed E-state index contributed by atoms with van der Waals surface area (Å²) in [6.45, 7) is 10.0. The molecule has 3 rings (SSSR count). The van der Waals surface area contributed by atoms with Gasteiger partial charge in [-0.2, -0.15) is 0 Å². The molecule has 1 N–H and O–H groups in total. The molecule has 0 spiro atoms. The molecule has 1 heteroatoms. The van der Waals surface area contributed by atoms with Gasteiger partial charge in [0.15, 0.2) is 0 Å². The first-order valence-corrected chi connectivity index (χ1v) is 9.22. The van der Waals surface area contributed by atoms with Crippen LogP contribution in [0.3, 0.4) is 0 Å². The molecule has 0 radical (unpaired) electrons. The number of aliphatic hydroxyl groups excluding tert-OH is 1. The molecule has 21 heavy (non-hydrogen) atoms. The third kappa shape index (κ3) is 2.40. The van der Waals surface area contributed by atoms with Gasteiger partial charge in [0.25, 0.3) is 0 Å². The summed E-state index contributed by atoms with van der Waals surface area (Å²) in [4.78, 5) is 0. The summed E-state index contributed by atoms with van der Waals surface area (Å²) in [7, 11) is 0. The minimum atomic E-state index is 0.174. The van der Waals surface area contributed by atoms with Crippen molar-refractivity contribution in [3.63, 3.8) is 0 Å². The van der Waals surface area contributed by atoms with Gasteiger partial charge in [0.1, 0.15) is 0 Å². The lowest BCUT2D eigenvalue weighted by atomic mass is 9.45. The van der Waals surface area contributed by atoms with E-state index < -0.39 is 0 Å². The highest BCUT2D eigenvalue weighted by atomic mass is 16.3. The molecule has 0 amide bonds. The Bertz CT molecular complexity index is 424. The predicted molar refractivity (Wildman–Crippen MR) is 89.0 cm³/mol. The van der Waals surface area contributed by atoms with Crippen molar-refractivity contribution in [2.75, 3.05) is 6.61 Å². The van der Waals surface area contributed by atoms with E-state index in [1.807, 2.05) is 0 Å². The Kier molecular flexibility index (Phi) is 4.01. The molecular formula is C20H34O. The van der Waals surface area contributed by atoms with Crippen molar-refractivity contribution in [3.05, 3.63) is 11.6 Å². The molecule has 0 bridgehead atoms. The number of hydrogen-bond acceptors (Lipinski definition) is 1. The third-order valence-corrected chi connectivity index (χ3v) is 7.50. The highest BCUT2D eigenvalue weighted by molar-refractivity contribution is 5.22. The fraction of sp³-hybridized carbons (Fsp3) is 0.900. The predicted octanol–water partition coefficient (Wildman–Crippen LogP) is 5.19. The fourth-order valence-electron chi connectivity index (χ4n) is 6.17. The fourth-order valence-corrected chi connectivity index (χ4v) is 6.17. The Balaban J connectivity index is 1.91. The summed E-state index contributed by atoms with van der Waals surface area (Å²) < 4.78 is 0. The molecule has 0 aromatic carbocycles. The molecular weight excluding hydrogens is 256 g/mol. The van der Waals surface area contributed by atoms with Gasteiger partial charge in [0, 0.05) is 6.61 Å². The molecule has 5 atom stereocenters. The maximum absolute atomic E-state index is 10.00. The summed E-state index contributed by atoms with van der Waals surface area (Å²) in [5.74, 6) is 3.13. The lowest BCUT2D eigenvalue weighted by molar-refractivity contribution is -0.0888. The first kappa shape index (κ1) is 15.6. The van der Waals surface area contributed by atoms with Crippen molar-refractivity contribution >= 4 is 0 Å². The standard InChI is InChI=1S/C20H34O/c1-14(2)15-6-8-17-16(12-15)7-9-18-19(3,13-21)10-5-11-20(17,18)4/h12,14-15,17-18,21H,5-11,13H2,1-4H3/t15-,17+,18-,19-,20+/m0/s1. The third-order valence-electron chi connectivity index (χ3n) is 7.50. The summed E-state index contributed by atoms with van der Waals surface area (Å²) in [5, 5.41) is 10.00. The van der Waals surface area contributed by atoms with Crippen molar-refractivity contribution in [1.82, 2.24) is 0 Å². The van der Waals surface area contributed by atoms with Gasteiger partial charge in [0.2, 0.25) is 0 Å². The highest BCUT2D eigenvalue weighted by Gasteiger charge is 2.54. The first-order chi connectivity index (χ1) is 9.90. The average molecular weight is 290 g/mol. The smallest absolute Gasteiger partial charge is 0.0487 e. The number of allylic oxidation sites excluding steroid dienone is 2. The monoisotopic (exact) mass is 290 g/mol. The van der Waals surface area contributed by atoms with E-state index in [1.165, 1.54) is 44.9 Å². The molecule has 0 aliphatic heterocycles. The van der Waals surface area contributed by atoms with Crippen molar-refractivity contribution in [2.24, 2.45) is 34.5 Å². The van der Waals surface area contributed by atoms with Gasteiger partial charge in [-0.3, -0.25) is 0 Å². The maximum atomic E-state index is 10.00. The highest BCUT2D eigenvalue weighted by Crippen LogP contribution is 2.63. The molecule has 2 saturated carbocycles. The Morgan fingerprint density at radius 1 is 1.19 bits per heavy atom. The van der Waals surface area contributed by atoms with Crippen molar-refractivity contribution < 1.29 is 5.11 Å². The van der Waals surface area contributed by atoms with Gasteiger partial charge in [0.05, 0.1) is 0 Å². The lowest BCUT2D eigenvalue weighted by Crippen LogP contribution is -2.52. The molecule has 2 fully saturated rings. The van der Waals surface area contributed by atoms with Crippen LogP contribution in [0.2, 0.25) is 0 Å². The Morgan fingerprint density at radius 2 is 1.95 bits per heavy atom. The number of rotatable bonds is 2. The number of fused-ring (bicyclic) bond motifs is 3. The second-order valence-electron chi connectivity index (χ2n) is 9.04. The lowest BCUT2D eigenvalue weighted by Gasteiger charge is -2.59. The zero-order chi connectivity index (χ0) is 15.3. The molecule has 0 heterocycles. The maximum Gasteiger partial charge on any atom is 0.0487 e. The second kappa shape index (κ2) is 5.41. The van der Waals surface area contributed by atoms with Gasteiger partial charge in [-0.1, -0.05) is 45.8 Å². The summed E-state index contributed by atoms with van der Waals surface area (Å²) >= 11 is 0. The van der Waals surface area contributed by atoms with Gasteiger partial charge >= 0.3 is 0 Å². The van der Waals surface area contributed by atoms with Gasteiger partial charge in [-0.05, 0) is 73.0 Å². The normalized spacial score (nSPS) is 46.8. The van der Waals surface area contributed by atoms with E-state index in [1.54, 1.807) is 5.57 Å². The van der Waals surface area contributed by atoms with Crippen molar-refractivity contribution in [3.8, 4) is 0 Å². The molecule has 0 unspecified atom stereocenters. The van der Waals surface area contributed by atoms with Crippen LogP contribution in [0.4, 0.5) is 0 Å². The topological polar surface area (TPSA) is 20.2 Å². The van der Waals surface area contributed by atoms with Crippen LogP contribution < -0.4 is 0 Å². The number of aliphatic hydroxyl groups is 1. The molecule has 0 aromatic rings. The largest absolute Gasteiger partial charge is 0.396 e. The van der Waals surface area contributed by atoms with E-state index in [0.717, 1.165) is 23.7 Å². The minimum Gasteiger partial charge on any atom is -0.396 e. The van der Waals surface area contributed by atoms with E-state index in [0.29, 0.717) is 12.0 Å². The minimum absolute atomic E-state index is 0.174. The van der Waals surface area contributed by atoms with Crippen molar-refractivity contribution in [2.45, 2.75) is 72.6 Å². The van der Waals surface area contributed by atoms with Gasteiger partial charge < -0.3 is 5.11 Å². The van der Waals surface area contributed by atoms with Crippen LogP contribution in [0.5, 0.6) is 0 Å². The van der Waals surface area contributed by atoms with Crippen LogP contribution in [0.1, 0.15) is 72.6 Å². The molecule has 0 aromatic heterocycles. The molecule has 120 valence electrons. The van der Waals surface area contributed by atoms with Crippen LogP contribution in [0.25, 0.3) is 0 Å². The molecule has 3 aliphatic carbocycles.